The second-order valence-electron chi connectivity index (χ2n) is 9.62. The van der Waals surface area contributed by atoms with E-state index >= 15 is 0 Å². The highest BCUT2D eigenvalue weighted by Gasteiger charge is 2.51. The first kappa shape index (κ1) is 25.2. The molecule has 0 aromatic heterocycles. The lowest BCUT2D eigenvalue weighted by atomic mass is 9.94. The lowest BCUT2D eigenvalue weighted by Crippen LogP contribution is -2.59. The molecule has 2 bridgehead atoms. The Balaban J connectivity index is 1.68. The van der Waals surface area contributed by atoms with Crippen molar-refractivity contribution in [1.82, 2.24) is 10.2 Å². The first-order valence-corrected chi connectivity index (χ1v) is 10.7. The molecule has 1 aromatic carbocycles. The highest BCUT2D eigenvalue weighted by Crippen LogP contribution is 2.40. The molecule has 2 heterocycles. The third kappa shape index (κ3) is 5.56. The number of carbonyl (C=O) groups excluding carboxylic acids is 2. The van der Waals surface area contributed by atoms with E-state index in [4.69, 9.17) is 10.5 Å². The number of alkyl carbamates (subject to hydrolysis) is 1. The molecule has 1 aromatic rings. The number of piperidine rings is 1. The number of halogens is 5. The summed E-state index contributed by atoms with van der Waals surface area (Å²) in [5.41, 5.74) is 3.17. The molecular formula is C22H28F5N3O3. The smallest absolute Gasteiger partial charge is 0.416 e. The van der Waals surface area contributed by atoms with Crippen molar-refractivity contribution in [1.29, 1.82) is 0 Å². The van der Waals surface area contributed by atoms with Crippen LogP contribution in [-0.2, 0) is 21.6 Å². The zero-order valence-electron chi connectivity index (χ0n) is 18.6. The average Bonchev–Trinajstić information content (AvgIpc) is 2.95. The van der Waals surface area contributed by atoms with Crippen LogP contribution in [0.4, 0.5) is 26.7 Å². The van der Waals surface area contributed by atoms with Crippen LogP contribution < -0.4 is 11.1 Å². The summed E-state index contributed by atoms with van der Waals surface area (Å²) >= 11 is 0. The minimum absolute atomic E-state index is 0.270. The van der Waals surface area contributed by atoms with Gasteiger partial charge in [0.2, 0.25) is 5.91 Å². The van der Waals surface area contributed by atoms with E-state index in [1.165, 1.54) is 4.90 Å². The van der Waals surface area contributed by atoms with Gasteiger partial charge in [0.15, 0.2) is 6.04 Å². The van der Waals surface area contributed by atoms with Gasteiger partial charge in [-0.25, -0.2) is 4.79 Å². The Morgan fingerprint density at radius 2 is 1.48 bits per heavy atom. The number of benzene rings is 1. The third-order valence-electron chi connectivity index (χ3n) is 5.96. The molecule has 0 saturated carbocycles. The first-order valence-electron chi connectivity index (χ1n) is 10.7. The molecule has 3 N–H and O–H groups in total. The quantitative estimate of drug-likeness (QED) is 0.638. The number of hydrogen-bond acceptors (Lipinski definition) is 4. The highest BCUT2D eigenvalue weighted by molar-refractivity contribution is 5.84. The minimum Gasteiger partial charge on any atom is -0.444 e. The lowest BCUT2D eigenvalue weighted by Gasteiger charge is -2.41. The molecule has 2 aliphatic heterocycles. The topological polar surface area (TPSA) is 84.7 Å². The maximum Gasteiger partial charge on any atom is 0.416 e. The van der Waals surface area contributed by atoms with Gasteiger partial charge in [0.25, 0.3) is 5.92 Å². The van der Waals surface area contributed by atoms with E-state index in [-0.39, 0.29) is 18.1 Å². The van der Waals surface area contributed by atoms with Crippen LogP contribution >= 0.6 is 0 Å². The molecule has 0 spiro atoms. The number of carbonyl (C=O) groups is 2. The second-order valence-corrected chi connectivity index (χ2v) is 9.62. The van der Waals surface area contributed by atoms with Crippen molar-refractivity contribution in [3.05, 3.63) is 35.4 Å². The van der Waals surface area contributed by atoms with Crippen LogP contribution in [0.2, 0.25) is 0 Å². The van der Waals surface area contributed by atoms with Crippen LogP contribution in [0.25, 0.3) is 0 Å². The van der Waals surface area contributed by atoms with Crippen molar-refractivity contribution >= 4 is 12.0 Å². The van der Waals surface area contributed by atoms with Gasteiger partial charge < -0.3 is 20.7 Å². The molecule has 2 fully saturated rings. The van der Waals surface area contributed by atoms with Gasteiger partial charge in [-0.15, -0.1) is 0 Å². The highest BCUT2D eigenvalue weighted by atomic mass is 19.4. The number of ether oxygens (including phenoxy) is 1. The van der Waals surface area contributed by atoms with Gasteiger partial charge in [0.05, 0.1) is 5.56 Å². The fourth-order valence-electron chi connectivity index (χ4n) is 4.51. The number of alkyl halides is 5. The Hall–Kier alpha value is -2.43. The molecule has 184 valence electrons. The van der Waals surface area contributed by atoms with E-state index in [1.54, 1.807) is 20.8 Å². The Labute approximate surface area is 188 Å². The van der Waals surface area contributed by atoms with Crippen molar-refractivity contribution in [3.8, 4) is 0 Å². The van der Waals surface area contributed by atoms with E-state index in [2.05, 4.69) is 5.32 Å². The van der Waals surface area contributed by atoms with E-state index < -0.39 is 46.9 Å². The van der Waals surface area contributed by atoms with Gasteiger partial charge in [0.1, 0.15) is 5.60 Å². The maximum absolute atomic E-state index is 14.9. The zero-order chi connectivity index (χ0) is 24.8. The molecule has 33 heavy (non-hydrogen) atoms. The SMILES string of the molecule is CC(C)(C)OC(=O)NC1CC2CCC(C1)N2C(=O)C(N)C(F)(F)c1ccc(C(F)(F)F)cc1. The van der Waals surface area contributed by atoms with E-state index in [0.29, 0.717) is 49.9 Å². The Morgan fingerprint density at radius 1 is 1.00 bits per heavy atom. The molecule has 0 aliphatic carbocycles. The number of nitrogens with zero attached hydrogens (tertiary/aromatic N) is 1. The molecule has 2 aliphatic rings. The molecule has 11 heteroatoms. The van der Waals surface area contributed by atoms with Crippen LogP contribution in [0, 0.1) is 0 Å². The van der Waals surface area contributed by atoms with Crippen LogP contribution in [0.3, 0.4) is 0 Å². The molecule has 3 unspecified atom stereocenters. The third-order valence-corrected chi connectivity index (χ3v) is 5.96. The summed E-state index contributed by atoms with van der Waals surface area (Å²) in [6.45, 7) is 5.20. The van der Waals surface area contributed by atoms with Crippen LogP contribution in [0.5, 0.6) is 0 Å². The standard InChI is InChI=1S/C22H28F5N3O3/c1-20(2,3)33-19(32)29-14-10-15-8-9-16(11-14)30(15)18(31)17(28)21(23,24)12-4-6-13(7-5-12)22(25,26)27/h4-7,14-17H,8-11,28H2,1-3H3,(H,29,32). The molecule has 6 nitrogen and oxygen atoms in total. The van der Waals surface area contributed by atoms with E-state index in [0.717, 1.165) is 0 Å². The van der Waals surface area contributed by atoms with Gasteiger partial charge >= 0.3 is 12.3 Å². The molecule has 0 radical (unpaired) electrons. The lowest BCUT2D eigenvalue weighted by molar-refractivity contribution is -0.148. The summed E-state index contributed by atoms with van der Waals surface area (Å²) in [6, 6.07) is -0.893. The first-order chi connectivity index (χ1) is 15.1. The van der Waals surface area contributed by atoms with Crippen molar-refractivity contribution < 1.29 is 36.3 Å². The van der Waals surface area contributed by atoms with Crippen molar-refractivity contribution in [2.75, 3.05) is 0 Å². The van der Waals surface area contributed by atoms with Crippen molar-refractivity contribution in [2.24, 2.45) is 5.73 Å². The Kier molecular flexibility index (Phi) is 6.67. The summed E-state index contributed by atoms with van der Waals surface area (Å²) < 4.78 is 73.3. The van der Waals surface area contributed by atoms with Crippen molar-refractivity contribution in [3.63, 3.8) is 0 Å². The summed E-state index contributed by atoms with van der Waals surface area (Å²) in [7, 11) is 0. The monoisotopic (exact) mass is 477 g/mol. The second kappa shape index (κ2) is 8.73. The number of nitrogens with two attached hydrogens (primary N) is 1. The molecule has 2 amide bonds. The fraction of sp³-hybridized carbons (Fsp3) is 0.636. The van der Waals surface area contributed by atoms with Gasteiger partial charge in [-0.05, 0) is 58.6 Å². The van der Waals surface area contributed by atoms with Gasteiger partial charge in [-0.2, -0.15) is 22.0 Å². The van der Waals surface area contributed by atoms with Gasteiger partial charge in [-0.1, -0.05) is 12.1 Å². The van der Waals surface area contributed by atoms with Gasteiger partial charge in [0, 0.05) is 23.7 Å². The summed E-state index contributed by atoms with van der Waals surface area (Å²) in [6.07, 6.45) is -3.33. The predicted octanol–water partition coefficient (Wildman–Crippen LogP) is 4.17. The summed E-state index contributed by atoms with van der Waals surface area (Å²) in [4.78, 5) is 26.4. The molecule has 2 saturated heterocycles. The predicted molar refractivity (Wildman–Crippen MR) is 109 cm³/mol. The zero-order valence-corrected chi connectivity index (χ0v) is 18.6. The molecule has 3 rings (SSSR count). The van der Waals surface area contributed by atoms with E-state index in [9.17, 15) is 31.5 Å². The Bertz CT molecular complexity index is 869. The minimum atomic E-state index is -4.66. The van der Waals surface area contributed by atoms with Crippen LogP contribution in [0.1, 0.15) is 57.6 Å². The molecular weight excluding hydrogens is 449 g/mol. The average molecular weight is 477 g/mol. The number of amides is 2. The number of fused-ring (bicyclic) bond motifs is 2. The number of nitrogens with one attached hydrogen (secondary N) is 1. The summed E-state index contributed by atoms with van der Waals surface area (Å²) in [5, 5.41) is 2.77. The van der Waals surface area contributed by atoms with Gasteiger partial charge in [-0.3, -0.25) is 4.79 Å². The van der Waals surface area contributed by atoms with Crippen LogP contribution in [0.15, 0.2) is 24.3 Å². The largest absolute Gasteiger partial charge is 0.444 e. The molecule has 3 atom stereocenters. The van der Waals surface area contributed by atoms with Crippen molar-refractivity contribution in [2.45, 2.75) is 88.3 Å². The summed E-state index contributed by atoms with van der Waals surface area (Å²) in [5.74, 6) is -4.81. The number of rotatable bonds is 4. The maximum atomic E-state index is 14.9. The fourth-order valence-corrected chi connectivity index (χ4v) is 4.51. The number of hydrogen-bond donors (Lipinski definition) is 2. The van der Waals surface area contributed by atoms with Crippen LogP contribution in [-0.4, -0.2) is 46.7 Å². The Morgan fingerprint density at radius 3 is 1.94 bits per heavy atom. The normalized spacial score (nSPS) is 24.4. The van der Waals surface area contributed by atoms with E-state index in [1.807, 2.05) is 0 Å².